The Morgan fingerprint density at radius 2 is 2.25 bits per heavy atom. The molecule has 0 aliphatic heterocycles. The Hall–Kier alpha value is -1.95. The second-order valence-electron chi connectivity index (χ2n) is 3.95. The van der Waals surface area contributed by atoms with E-state index in [4.69, 9.17) is 10.4 Å². The van der Waals surface area contributed by atoms with Crippen LogP contribution in [0.15, 0.2) is 24.3 Å². The number of benzene rings is 1. The van der Waals surface area contributed by atoms with Gasteiger partial charge < -0.3 is 9.84 Å². The monoisotopic (exact) mass is 298 g/mol. The molecule has 1 aromatic rings. The third-order valence-electron chi connectivity index (χ3n) is 2.40. The molecule has 0 aromatic heterocycles. The van der Waals surface area contributed by atoms with E-state index in [-0.39, 0.29) is 0 Å². The summed E-state index contributed by atoms with van der Waals surface area (Å²) in [6.07, 6.45) is 0. The van der Waals surface area contributed by atoms with Crippen LogP contribution in [0.25, 0.3) is 0 Å². The number of nitrogens with one attached hydrogen (secondary N) is 1. The Kier molecular flexibility index (Phi) is 5.64. The summed E-state index contributed by atoms with van der Waals surface area (Å²) in [5.41, 5.74) is 0.738. The smallest absolute Gasteiger partial charge is 0.326 e. The largest absolute Gasteiger partial charge is 0.468 e. The number of methoxy groups -OCH3 is 1. The lowest BCUT2D eigenvalue weighted by atomic mass is 10.2. The Labute approximate surface area is 116 Å². The molecule has 1 atom stereocenters. The highest BCUT2D eigenvalue weighted by molar-refractivity contribution is 7.88. The van der Waals surface area contributed by atoms with E-state index in [2.05, 4.69) is 4.74 Å². The van der Waals surface area contributed by atoms with E-state index >= 15 is 0 Å². The zero-order chi connectivity index (χ0) is 15.2. The number of esters is 1. The highest BCUT2D eigenvalue weighted by Gasteiger charge is 2.24. The zero-order valence-corrected chi connectivity index (χ0v) is 11.6. The number of aliphatic hydroxyl groups excluding tert-OH is 1. The fraction of sp³-hybridized carbons (Fsp3) is 0.333. The quantitative estimate of drug-likeness (QED) is 0.685. The predicted octanol–water partition coefficient (Wildman–Crippen LogP) is -0.488. The van der Waals surface area contributed by atoms with Crippen molar-refractivity contribution in [1.82, 2.24) is 4.72 Å². The van der Waals surface area contributed by atoms with Crippen molar-refractivity contribution < 1.29 is 23.1 Å². The maximum atomic E-state index is 11.9. The minimum Gasteiger partial charge on any atom is -0.468 e. The molecule has 0 aliphatic rings. The number of nitriles is 1. The van der Waals surface area contributed by atoms with Crippen molar-refractivity contribution >= 4 is 16.0 Å². The van der Waals surface area contributed by atoms with Crippen molar-refractivity contribution in [1.29, 1.82) is 5.26 Å². The molecule has 0 heterocycles. The molecule has 0 saturated heterocycles. The van der Waals surface area contributed by atoms with Crippen LogP contribution in [0.4, 0.5) is 0 Å². The van der Waals surface area contributed by atoms with Crippen LogP contribution >= 0.6 is 0 Å². The van der Waals surface area contributed by atoms with Crippen molar-refractivity contribution in [3.8, 4) is 6.07 Å². The lowest BCUT2D eigenvalue weighted by Gasteiger charge is -2.14. The number of aliphatic hydroxyl groups is 1. The molecule has 1 unspecified atom stereocenters. The minimum atomic E-state index is -3.85. The molecule has 108 valence electrons. The van der Waals surface area contributed by atoms with Gasteiger partial charge in [0.1, 0.15) is 6.04 Å². The van der Waals surface area contributed by atoms with Crippen molar-refractivity contribution in [2.75, 3.05) is 13.7 Å². The average molecular weight is 298 g/mol. The van der Waals surface area contributed by atoms with Crippen LogP contribution in [0.2, 0.25) is 0 Å². The molecule has 8 heteroatoms. The third-order valence-corrected chi connectivity index (χ3v) is 3.76. The van der Waals surface area contributed by atoms with E-state index in [0.717, 1.165) is 7.11 Å². The van der Waals surface area contributed by atoms with Gasteiger partial charge in [-0.05, 0) is 17.7 Å². The van der Waals surface area contributed by atoms with Crippen LogP contribution in [0.1, 0.15) is 11.1 Å². The van der Waals surface area contributed by atoms with Crippen molar-refractivity contribution in [3.63, 3.8) is 0 Å². The molecule has 0 spiro atoms. The summed E-state index contributed by atoms with van der Waals surface area (Å²) in [5, 5.41) is 17.7. The number of hydrogen-bond donors (Lipinski definition) is 2. The molecule has 0 radical (unpaired) electrons. The highest BCUT2D eigenvalue weighted by Crippen LogP contribution is 2.08. The van der Waals surface area contributed by atoms with Crippen molar-refractivity contribution in [3.05, 3.63) is 35.4 Å². The molecule has 1 aromatic carbocycles. The number of nitrogens with zero attached hydrogens (tertiary/aromatic N) is 1. The van der Waals surface area contributed by atoms with Crippen molar-refractivity contribution in [2.24, 2.45) is 0 Å². The highest BCUT2D eigenvalue weighted by atomic mass is 32.2. The van der Waals surface area contributed by atoms with Gasteiger partial charge in [-0.2, -0.15) is 9.98 Å². The van der Waals surface area contributed by atoms with Gasteiger partial charge in [0.25, 0.3) is 0 Å². The second-order valence-corrected chi connectivity index (χ2v) is 5.70. The van der Waals surface area contributed by atoms with Gasteiger partial charge in [0.15, 0.2) is 0 Å². The molecule has 0 aliphatic carbocycles. The zero-order valence-electron chi connectivity index (χ0n) is 10.7. The van der Waals surface area contributed by atoms with E-state index in [1.165, 1.54) is 6.07 Å². The predicted molar refractivity (Wildman–Crippen MR) is 69.8 cm³/mol. The summed E-state index contributed by atoms with van der Waals surface area (Å²) in [7, 11) is -2.75. The van der Waals surface area contributed by atoms with Crippen LogP contribution in [0, 0.1) is 11.3 Å². The van der Waals surface area contributed by atoms with E-state index in [1.807, 2.05) is 10.8 Å². The van der Waals surface area contributed by atoms with Crippen LogP contribution in [0.3, 0.4) is 0 Å². The average Bonchev–Trinajstić information content (AvgIpc) is 2.43. The summed E-state index contributed by atoms with van der Waals surface area (Å²) < 4.78 is 30.2. The Bertz CT molecular complexity index is 621. The molecule has 2 N–H and O–H groups in total. The van der Waals surface area contributed by atoms with Gasteiger partial charge in [-0.3, -0.25) is 4.79 Å². The molecular weight excluding hydrogens is 284 g/mol. The normalized spacial score (nSPS) is 12.4. The van der Waals surface area contributed by atoms with E-state index in [0.29, 0.717) is 11.1 Å². The van der Waals surface area contributed by atoms with Gasteiger partial charge in [0, 0.05) is 0 Å². The van der Waals surface area contributed by atoms with Crippen LogP contribution in [-0.2, 0) is 25.3 Å². The maximum Gasteiger partial charge on any atom is 0.326 e. The van der Waals surface area contributed by atoms with Gasteiger partial charge in [-0.1, -0.05) is 12.1 Å². The molecule has 7 nitrogen and oxygen atoms in total. The van der Waals surface area contributed by atoms with Gasteiger partial charge >= 0.3 is 5.97 Å². The maximum absolute atomic E-state index is 11.9. The second kappa shape index (κ2) is 7.00. The first-order valence-electron chi connectivity index (χ1n) is 5.59. The molecular formula is C12H14N2O5S. The number of carbonyl (C=O) groups excluding carboxylic acids is 1. The Morgan fingerprint density at radius 1 is 1.55 bits per heavy atom. The lowest BCUT2D eigenvalue weighted by molar-refractivity contribution is -0.143. The molecule has 0 fully saturated rings. The summed E-state index contributed by atoms with van der Waals surface area (Å²) in [6, 6.07) is 6.66. The van der Waals surface area contributed by atoms with E-state index < -0.39 is 34.4 Å². The summed E-state index contributed by atoms with van der Waals surface area (Å²) in [5.74, 6) is -1.28. The molecule has 0 saturated carbocycles. The van der Waals surface area contributed by atoms with Crippen LogP contribution in [0.5, 0.6) is 0 Å². The summed E-state index contributed by atoms with van der Waals surface area (Å²) in [6.45, 7) is -0.704. The SMILES string of the molecule is COC(=O)C(CO)NS(=O)(=O)Cc1cccc(C#N)c1. The number of sulfonamides is 1. The third kappa shape index (κ3) is 4.62. The lowest BCUT2D eigenvalue weighted by Crippen LogP contribution is -2.44. The van der Waals surface area contributed by atoms with Crippen LogP contribution in [-0.4, -0.2) is 39.3 Å². The van der Waals surface area contributed by atoms with Gasteiger partial charge in [0.2, 0.25) is 10.0 Å². The van der Waals surface area contributed by atoms with Crippen molar-refractivity contribution in [2.45, 2.75) is 11.8 Å². The number of carbonyl (C=O) groups is 1. The minimum absolute atomic E-state index is 0.337. The standard InChI is InChI=1S/C12H14N2O5S/c1-19-12(16)11(7-15)14-20(17,18)8-10-4-2-3-9(5-10)6-13/h2-5,11,14-15H,7-8H2,1H3. The first-order chi connectivity index (χ1) is 9.41. The molecule has 0 bridgehead atoms. The first kappa shape index (κ1) is 16.1. The number of ether oxygens (including phenoxy) is 1. The fourth-order valence-electron chi connectivity index (χ4n) is 1.51. The topological polar surface area (TPSA) is 116 Å². The number of hydrogen-bond acceptors (Lipinski definition) is 6. The Morgan fingerprint density at radius 3 is 2.80 bits per heavy atom. The first-order valence-corrected chi connectivity index (χ1v) is 7.25. The molecule has 1 rings (SSSR count). The number of rotatable bonds is 6. The fourth-order valence-corrected chi connectivity index (χ4v) is 2.82. The van der Waals surface area contributed by atoms with E-state index in [9.17, 15) is 13.2 Å². The van der Waals surface area contributed by atoms with E-state index in [1.54, 1.807) is 18.2 Å². The molecule has 20 heavy (non-hydrogen) atoms. The van der Waals surface area contributed by atoms with Gasteiger partial charge in [0.05, 0.1) is 31.1 Å². The summed E-state index contributed by atoms with van der Waals surface area (Å²) >= 11 is 0. The summed E-state index contributed by atoms with van der Waals surface area (Å²) in [4.78, 5) is 11.2. The van der Waals surface area contributed by atoms with Crippen LogP contribution < -0.4 is 4.72 Å². The van der Waals surface area contributed by atoms with Gasteiger partial charge in [-0.25, -0.2) is 8.42 Å². The molecule has 0 amide bonds. The Balaban J connectivity index is 2.84. The van der Waals surface area contributed by atoms with Gasteiger partial charge in [-0.15, -0.1) is 0 Å².